The van der Waals surface area contributed by atoms with Gasteiger partial charge in [-0.05, 0) is 58.7 Å². The molecule has 0 atom stereocenters. The average Bonchev–Trinajstić information content (AvgIpc) is 2.98. The first-order valence-corrected chi connectivity index (χ1v) is 13.0. The molecular weight excluding hydrogens is 480 g/mol. The van der Waals surface area contributed by atoms with Crippen LogP contribution in [0.3, 0.4) is 0 Å². The van der Waals surface area contributed by atoms with E-state index in [0.29, 0.717) is 5.52 Å². The summed E-state index contributed by atoms with van der Waals surface area (Å²) in [4.78, 5) is 16.0. The van der Waals surface area contributed by atoms with Gasteiger partial charge in [0.2, 0.25) is 0 Å². The molecule has 5 heteroatoms. The zero-order valence-electron chi connectivity index (χ0n) is 21.7. The number of rotatable bonds is 3. The fourth-order valence-corrected chi connectivity index (χ4v) is 5.66. The molecule has 6 aromatic rings. The maximum atomic E-state index is 10.4. The van der Waals surface area contributed by atoms with Gasteiger partial charge in [-0.25, -0.2) is 9.97 Å². The van der Waals surface area contributed by atoms with Crippen molar-refractivity contribution in [1.29, 1.82) is 0 Å². The summed E-state index contributed by atoms with van der Waals surface area (Å²) >= 11 is 0. The van der Waals surface area contributed by atoms with Crippen molar-refractivity contribution in [3.8, 4) is 28.1 Å². The molecule has 5 nitrogen and oxygen atoms in total. The number of nitrogens with zero attached hydrogens (tertiary/aromatic N) is 4. The van der Waals surface area contributed by atoms with Crippen molar-refractivity contribution in [2.45, 2.75) is 19.3 Å². The Morgan fingerprint density at radius 1 is 0.692 bits per heavy atom. The topological polar surface area (TPSA) is 62.1 Å². The van der Waals surface area contributed by atoms with E-state index in [1.807, 2.05) is 24.4 Å². The van der Waals surface area contributed by atoms with Gasteiger partial charge < -0.3 is 5.11 Å². The van der Waals surface area contributed by atoms with Crippen LogP contribution in [0, 0.1) is 0 Å². The van der Waals surface area contributed by atoms with E-state index in [1.54, 1.807) is 6.20 Å². The number of para-hydroxylation sites is 1. The minimum absolute atomic E-state index is 0.0749. The predicted octanol–water partition coefficient (Wildman–Crippen LogP) is 8.17. The van der Waals surface area contributed by atoms with Crippen LogP contribution in [-0.4, -0.2) is 20.1 Å². The van der Waals surface area contributed by atoms with Gasteiger partial charge >= 0.3 is 0 Å². The number of aromatic nitrogens is 3. The molecule has 3 aromatic carbocycles. The number of anilines is 3. The molecule has 4 heterocycles. The zero-order valence-corrected chi connectivity index (χ0v) is 21.7. The highest BCUT2D eigenvalue weighted by molar-refractivity contribution is 5.89. The van der Waals surface area contributed by atoms with E-state index in [2.05, 4.69) is 103 Å². The maximum absolute atomic E-state index is 10.4. The van der Waals surface area contributed by atoms with E-state index in [-0.39, 0.29) is 11.2 Å². The molecule has 0 saturated heterocycles. The van der Waals surface area contributed by atoms with Gasteiger partial charge in [-0.1, -0.05) is 74.5 Å². The molecule has 1 aliphatic rings. The number of pyridine rings is 3. The summed E-state index contributed by atoms with van der Waals surface area (Å²) in [5, 5.41) is 11.2. The van der Waals surface area contributed by atoms with Crippen molar-refractivity contribution >= 4 is 28.1 Å². The molecule has 39 heavy (non-hydrogen) atoms. The van der Waals surface area contributed by atoms with Crippen LogP contribution in [0.15, 0.2) is 116 Å². The molecule has 7 rings (SSSR count). The third kappa shape index (κ3) is 3.74. The van der Waals surface area contributed by atoms with Crippen molar-refractivity contribution in [1.82, 2.24) is 15.0 Å². The molecule has 1 N–H and O–H groups in total. The second-order valence-electron chi connectivity index (χ2n) is 10.4. The van der Waals surface area contributed by atoms with Crippen molar-refractivity contribution in [3.63, 3.8) is 0 Å². The van der Waals surface area contributed by atoms with Gasteiger partial charge in [-0.2, -0.15) is 0 Å². The van der Waals surface area contributed by atoms with Crippen LogP contribution in [0.25, 0.3) is 33.3 Å². The summed E-state index contributed by atoms with van der Waals surface area (Å²) in [7, 11) is 0. The van der Waals surface area contributed by atoms with E-state index in [4.69, 9.17) is 9.97 Å². The van der Waals surface area contributed by atoms with Gasteiger partial charge in [0.25, 0.3) is 0 Å². The lowest BCUT2D eigenvalue weighted by atomic mass is 9.73. The fourth-order valence-electron chi connectivity index (χ4n) is 5.66. The summed E-state index contributed by atoms with van der Waals surface area (Å²) in [6, 6.07) is 33.6. The molecule has 0 fully saturated rings. The first-order valence-electron chi connectivity index (χ1n) is 13.0. The first-order chi connectivity index (χ1) is 19.0. The molecule has 188 valence electrons. The SMILES string of the molecule is CC1(C)c2ccccc2N(c2cc(-c3ccccc3)ccn2)c2cc(-c3ccc4cncc(O)c4n3)ccc21. The Balaban J connectivity index is 1.44. The van der Waals surface area contributed by atoms with Crippen LogP contribution in [0.5, 0.6) is 5.75 Å². The zero-order chi connectivity index (χ0) is 26.6. The summed E-state index contributed by atoms with van der Waals surface area (Å²) in [5.41, 5.74) is 8.98. The Hall–Kier alpha value is -5.03. The lowest BCUT2D eigenvalue weighted by Gasteiger charge is -2.41. The average molecular weight is 507 g/mol. The highest BCUT2D eigenvalue weighted by Gasteiger charge is 2.37. The second-order valence-corrected chi connectivity index (χ2v) is 10.4. The van der Waals surface area contributed by atoms with E-state index in [1.165, 1.54) is 17.3 Å². The van der Waals surface area contributed by atoms with Crippen LogP contribution < -0.4 is 4.90 Å². The van der Waals surface area contributed by atoms with Crippen molar-refractivity contribution in [2.75, 3.05) is 4.90 Å². The van der Waals surface area contributed by atoms with Crippen LogP contribution in [0.1, 0.15) is 25.0 Å². The highest BCUT2D eigenvalue weighted by Crippen LogP contribution is 2.52. The third-order valence-corrected chi connectivity index (χ3v) is 7.69. The standard InChI is InChI=1S/C34H26N4O/c1-34(2)26-10-6-7-11-29(26)38(32-19-23(16-17-36-32)22-8-4-3-5-9-22)30-18-24(12-14-27(30)34)28-15-13-25-20-35-21-31(39)33(25)37-28/h3-21,39H,1-2H3. The Bertz CT molecular complexity index is 1860. The maximum Gasteiger partial charge on any atom is 0.160 e. The van der Waals surface area contributed by atoms with Crippen LogP contribution >= 0.6 is 0 Å². The van der Waals surface area contributed by atoms with Crippen LogP contribution in [0.4, 0.5) is 17.2 Å². The van der Waals surface area contributed by atoms with Crippen molar-refractivity contribution in [2.24, 2.45) is 0 Å². The number of hydrogen-bond acceptors (Lipinski definition) is 5. The molecular formula is C34H26N4O. The summed E-state index contributed by atoms with van der Waals surface area (Å²) in [6.45, 7) is 4.55. The second kappa shape index (κ2) is 8.77. The van der Waals surface area contributed by atoms with E-state index >= 15 is 0 Å². The number of hydrogen-bond donors (Lipinski definition) is 1. The number of aromatic hydroxyl groups is 1. The number of benzene rings is 3. The lowest BCUT2D eigenvalue weighted by Crippen LogP contribution is -2.31. The van der Waals surface area contributed by atoms with Gasteiger partial charge in [-0.3, -0.25) is 9.88 Å². The minimum atomic E-state index is -0.210. The molecule has 0 amide bonds. The predicted molar refractivity (Wildman–Crippen MR) is 157 cm³/mol. The molecule has 0 bridgehead atoms. The molecule has 0 unspecified atom stereocenters. The summed E-state index contributed by atoms with van der Waals surface area (Å²) < 4.78 is 0. The molecule has 1 aliphatic heterocycles. The Labute approximate surface area is 227 Å². The smallest absolute Gasteiger partial charge is 0.160 e. The summed E-state index contributed by atoms with van der Waals surface area (Å²) in [5.74, 6) is 0.929. The molecule has 0 aliphatic carbocycles. The molecule has 3 aromatic heterocycles. The van der Waals surface area contributed by atoms with Crippen molar-refractivity contribution in [3.05, 3.63) is 127 Å². The lowest BCUT2D eigenvalue weighted by molar-refractivity contribution is 0.478. The van der Waals surface area contributed by atoms with Gasteiger partial charge in [0.15, 0.2) is 5.75 Å². The fraction of sp³-hybridized carbons (Fsp3) is 0.0882. The Morgan fingerprint density at radius 2 is 1.49 bits per heavy atom. The van der Waals surface area contributed by atoms with E-state index in [0.717, 1.165) is 45.0 Å². The quantitative estimate of drug-likeness (QED) is 0.262. The number of fused-ring (bicyclic) bond motifs is 3. The van der Waals surface area contributed by atoms with Crippen LogP contribution in [-0.2, 0) is 5.41 Å². The highest BCUT2D eigenvalue weighted by atomic mass is 16.3. The molecule has 0 saturated carbocycles. The first kappa shape index (κ1) is 23.1. The van der Waals surface area contributed by atoms with Gasteiger partial charge in [0, 0.05) is 28.8 Å². The minimum Gasteiger partial charge on any atom is -0.504 e. The largest absolute Gasteiger partial charge is 0.504 e. The molecule has 0 spiro atoms. The normalized spacial score (nSPS) is 13.6. The summed E-state index contributed by atoms with van der Waals surface area (Å²) in [6.07, 6.45) is 5.02. The van der Waals surface area contributed by atoms with E-state index in [9.17, 15) is 5.11 Å². The molecule has 0 radical (unpaired) electrons. The van der Waals surface area contributed by atoms with Gasteiger partial charge in [0.05, 0.1) is 23.3 Å². The Kier molecular flexibility index (Phi) is 5.20. The third-order valence-electron chi connectivity index (χ3n) is 7.69. The van der Waals surface area contributed by atoms with Gasteiger partial charge in [0.1, 0.15) is 11.3 Å². The monoisotopic (exact) mass is 506 g/mol. The van der Waals surface area contributed by atoms with Gasteiger partial charge in [-0.15, -0.1) is 0 Å². The van der Waals surface area contributed by atoms with E-state index < -0.39 is 0 Å². The van der Waals surface area contributed by atoms with Crippen LogP contribution in [0.2, 0.25) is 0 Å². The Morgan fingerprint density at radius 3 is 2.36 bits per heavy atom. The van der Waals surface area contributed by atoms with Crippen molar-refractivity contribution < 1.29 is 5.11 Å².